The van der Waals surface area contributed by atoms with E-state index in [2.05, 4.69) is 4.74 Å². The molecule has 0 N–H and O–H groups in total. The molecule has 0 aliphatic rings. The minimum Gasteiger partial charge on any atom is -0.420 e. The predicted octanol–water partition coefficient (Wildman–Crippen LogP) is 3.66. The third-order valence-electron chi connectivity index (χ3n) is 2.78. The van der Waals surface area contributed by atoms with Crippen molar-refractivity contribution in [3.63, 3.8) is 0 Å². The van der Waals surface area contributed by atoms with Gasteiger partial charge in [-0.15, -0.1) is 0 Å². The van der Waals surface area contributed by atoms with E-state index in [0.29, 0.717) is 26.1 Å². The van der Waals surface area contributed by atoms with Gasteiger partial charge in [-0.3, -0.25) is 4.79 Å². The molecule has 0 unspecified atom stereocenters. The summed E-state index contributed by atoms with van der Waals surface area (Å²) in [5, 5.41) is 0. The lowest BCUT2D eigenvalue weighted by Crippen LogP contribution is -2.13. The maximum absolute atomic E-state index is 13.5. The molecule has 0 aliphatic heterocycles. The summed E-state index contributed by atoms with van der Waals surface area (Å²) < 4.78 is 63.0. The van der Waals surface area contributed by atoms with Crippen molar-refractivity contribution < 1.29 is 31.8 Å². The Morgan fingerprint density at radius 3 is 2.10 bits per heavy atom. The quantitative estimate of drug-likeness (QED) is 0.253. The summed E-state index contributed by atoms with van der Waals surface area (Å²) in [6.45, 7) is 3.69. The second-order valence-electron chi connectivity index (χ2n) is 4.34. The van der Waals surface area contributed by atoms with Crippen molar-refractivity contribution in [1.82, 2.24) is 0 Å². The highest BCUT2D eigenvalue weighted by Crippen LogP contribution is 2.29. The zero-order chi connectivity index (χ0) is 16.0. The van der Waals surface area contributed by atoms with Crippen molar-refractivity contribution in [2.75, 3.05) is 13.2 Å². The first-order valence-corrected chi connectivity index (χ1v) is 6.51. The van der Waals surface area contributed by atoms with Crippen LogP contribution in [-0.2, 0) is 9.53 Å². The lowest BCUT2D eigenvalue weighted by molar-refractivity contribution is -0.135. The first-order chi connectivity index (χ1) is 9.90. The van der Waals surface area contributed by atoms with Gasteiger partial charge in [0.25, 0.3) is 0 Å². The molecule has 0 radical (unpaired) electrons. The summed E-state index contributed by atoms with van der Waals surface area (Å²) in [7, 11) is 0. The van der Waals surface area contributed by atoms with Crippen LogP contribution in [0.1, 0.15) is 31.7 Å². The standard InChI is InChI=1S/C14H16F4O3/c1-3-20-7-5-4-6-9(19)21-14-12(17)10(15)8(2)11(16)13(14)18/h3-7H2,1-2H3. The molecule has 0 fully saturated rings. The van der Waals surface area contributed by atoms with Crippen LogP contribution in [0.2, 0.25) is 0 Å². The molecular formula is C14H16F4O3. The first-order valence-electron chi connectivity index (χ1n) is 6.51. The molecule has 21 heavy (non-hydrogen) atoms. The third-order valence-corrected chi connectivity index (χ3v) is 2.78. The molecule has 0 amide bonds. The normalized spacial score (nSPS) is 10.8. The van der Waals surface area contributed by atoms with Crippen LogP contribution >= 0.6 is 0 Å². The maximum Gasteiger partial charge on any atom is 0.311 e. The van der Waals surface area contributed by atoms with Gasteiger partial charge in [-0.1, -0.05) is 0 Å². The summed E-state index contributed by atoms with van der Waals surface area (Å²) >= 11 is 0. The highest BCUT2D eigenvalue weighted by atomic mass is 19.2. The van der Waals surface area contributed by atoms with Crippen LogP contribution in [0.3, 0.4) is 0 Å². The lowest BCUT2D eigenvalue weighted by Gasteiger charge is -2.10. The SMILES string of the molecule is CCOCCCCC(=O)Oc1c(F)c(F)c(C)c(F)c1F. The molecule has 7 heteroatoms. The number of benzene rings is 1. The number of carbonyl (C=O) groups is 1. The number of rotatable bonds is 7. The third kappa shape index (κ3) is 4.42. The number of esters is 1. The van der Waals surface area contributed by atoms with Gasteiger partial charge in [-0.25, -0.2) is 8.78 Å². The Morgan fingerprint density at radius 1 is 1.00 bits per heavy atom. The van der Waals surface area contributed by atoms with Crippen LogP contribution in [0, 0.1) is 30.2 Å². The van der Waals surface area contributed by atoms with Crippen molar-refractivity contribution in [2.24, 2.45) is 0 Å². The van der Waals surface area contributed by atoms with E-state index in [-0.39, 0.29) is 6.42 Å². The highest BCUT2D eigenvalue weighted by Gasteiger charge is 2.26. The van der Waals surface area contributed by atoms with E-state index in [9.17, 15) is 22.4 Å². The molecule has 1 aromatic rings. The fourth-order valence-electron chi connectivity index (χ4n) is 1.59. The number of unbranched alkanes of at least 4 members (excludes halogenated alkanes) is 1. The maximum atomic E-state index is 13.5. The summed E-state index contributed by atoms with van der Waals surface area (Å²) in [6.07, 6.45) is 0.798. The number of hydrogen-bond donors (Lipinski definition) is 0. The molecule has 1 rings (SSSR count). The van der Waals surface area contributed by atoms with Crippen LogP contribution in [-0.4, -0.2) is 19.2 Å². The van der Waals surface area contributed by atoms with Gasteiger partial charge in [0, 0.05) is 25.2 Å². The van der Waals surface area contributed by atoms with E-state index in [1.807, 2.05) is 6.92 Å². The van der Waals surface area contributed by atoms with Crippen molar-refractivity contribution in [3.8, 4) is 5.75 Å². The van der Waals surface area contributed by atoms with Crippen molar-refractivity contribution >= 4 is 5.97 Å². The molecule has 0 atom stereocenters. The Morgan fingerprint density at radius 2 is 1.57 bits per heavy atom. The zero-order valence-corrected chi connectivity index (χ0v) is 11.8. The molecule has 0 bridgehead atoms. The molecule has 118 valence electrons. The topological polar surface area (TPSA) is 35.5 Å². The van der Waals surface area contributed by atoms with Crippen molar-refractivity contribution in [3.05, 3.63) is 28.8 Å². The van der Waals surface area contributed by atoms with Gasteiger partial charge in [-0.05, 0) is 26.7 Å². The van der Waals surface area contributed by atoms with Gasteiger partial charge in [0.05, 0.1) is 0 Å². The van der Waals surface area contributed by atoms with E-state index < -0.39 is 40.6 Å². The van der Waals surface area contributed by atoms with E-state index in [1.165, 1.54) is 0 Å². The Labute approximate surface area is 119 Å². The number of carbonyl (C=O) groups excluding carboxylic acids is 1. The second kappa shape index (κ2) is 7.97. The Kier molecular flexibility index (Phi) is 6.61. The molecule has 0 saturated carbocycles. The highest BCUT2D eigenvalue weighted by molar-refractivity contribution is 5.72. The molecule has 3 nitrogen and oxygen atoms in total. The van der Waals surface area contributed by atoms with Gasteiger partial charge in [0.15, 0.2) is 11.6 Å². The number of ether oxygens (including phenoxy) is 2. The van der Waals surface area contributed by atoms with Gasteiger partial charge in [0.2, 0.25) is 17.4 Å². The molecular weight excluding hydrogens is 292 g/mol. The first kappa shape index (κ1) is 17.4. The fraction of sp³-hybridized carbons (Fsp3) is 0.500. The van der Waals surface area contributed by atoms with Crippen molar-refractivity contribution in [2.45, 2.75) is 33.1 Å². The summed E-state index contributed by atoms with van der Waals surface area (Å²) in [5.74, 6) is -8.89. The van der Waals surface area contributed by atoms with Crippen LogP contribution < -0.4 is 4.74 Å². The summed E-state index contributed by atoms with van der Waals surface area (Å²) in [5.41, 5.74) is -0.804. The van der Waals surface area contributed by atoms with E-state index in [4.69, 9.17) is 4.74 Å². The number of hydrogen-bond acceptors (Lipinski definition) is 3. The van der Waals surface area contributed by atoms with E-state index in [0.717, 1.165) is 6.92 Å². The van der Waals surface area contributed by atoms with Crippen LogP contribution in [0.4, 0.5) is 17.6 Å². The molecule has 0 saturated heterocycles. The zero-order valence-electron chi connectivity index (χ0n) is 11.8. The minimum absolute atomic E-state index is 0.136. The van der Waals surface area contributed by atoms with Gasteiger partial charge >= 0.3 is 5.97 Å². The van der Waals surface area contributed by atoms with E-state index >= 15 is 0 Å². The fourth-order valence-corrected chi connectivity index (χ4v) is 1.59. The average Bonchev–Trinajstić information content (AvgIpc) is 2.47. The smallest absolute Gasteiger partial charge is 0.311 e. The van der Waals surface area contributed by atoms with Gasteiger partial charge in [0.1, 0.15) is 0 Å². The van der Waals surface area contributed by atoms with Crippen LogP contribution in [0.5, 0.6) is 5.75 Å². The average molecular weight is 308 g/mol. The monoisotopic (exact) mass is 308 g/mol. The van der Waals surface area contributed by atoms with Crippen LogP contribution in [0.25, 0.3) is 0 Å². The van der Waals surface area contributed by atoms with Crippen LogP contribution in [0.15, 0.2) is 0 Å². The molecule has 1 aromatic carbocycles. The predicted molar refractivity (Wildman–Crippen MR) is 67.0 cm³/mol. The lowest BCUT2D eigenvalue weighted by atomic mass is 10.2. The molecule has 0 aromatic heterocycles. The Balaban J connectivity index is 2.69. The Hall–Kier alpha value is -1.63. The van der Waals surface area contributed by atoms with Gasteiger partial charge in [-0.2, -0.15) is 8.78 Å². The van der Waals surface area contributed by atoms with E-state index in [1.54, 1.807) is 0 Å². The summed E-state index contributed by atoms with van der Waals surface area (Å²) in [4.78, 5) is 11.4. The van der Waals surface area contributed by atoms with Gasteiger partial charge < -0.3 is 9.47 Å². The number of halogens is 4. The molecule has 0 aliphatic carbocycles. The molecule has 0 spiro atoms. The largest absolute Gasteiger partial charge is 0.420 e. The minimum atomic E-state index is -1.71. The molecule has 0 heterocycles. The summed E-state index contributed by atoms with van der Waals surface area (Å²) in [6, 6.07) is 0. The second-order valence-corrected chi connectivity index (χ2v) is 4.34. The van der Waals surface area contributed by atoms with Crippen molar-refractivity contribution in [1.29, 1.82) is 0 Å². The Bertz CT molecular complexity index is 488.